The number of ether oxygens (including phenoxy) is 1. The summed E-state index contributed by atoms with van der Waals surface area (Å²) in [6.45, 7) is 5.52. The minimum Gasteiger partial charge on any atom is -0.493 e. The molecule has 0 aliphatic carbocycles. The Kier molecular flexibility index (Phi) is 10.6. The number of aryl methyl sites for hydroxylation is 1. The molecular weight excluding hydrogens is 404 g/mol. The predicted molar refractivity (Wildman–Crippen MR) is 130 cm³/mol. The van der Waals surface area contributed by atoms with Gasteiger partial charge in [-0.15, -0.1) is 0 Å². The molecule has 32 heavy (non-hydrogen) atoms. The number of urea groups is 1. The molecule has 2 aromatic rings. The number of anilines is 1. The Labute approximate surface area is 191 Å². The number of carboxylic acid groups (broad SMARTS) is 1. The summed E-state index contributed by atoms with van der Waals surface area (Å²) in [6.07, 6.45) is 5.71. The first kappa shape index (κ1) is 25.2. The second-order valence-corrected chi connectivity index (χ2v) is 7.97. The molecule has 0 aromatic heterocycles. The quantitative estimate of drug-likeness (QED) is 0.381. The smallest absolute Gasteiger partial charge is 0.321 e. The zero-order valence-corrected chi connectivity index (χ0v) is 19.5. The third-order valence-corrected chi connectivity index (χ3v) is 5.33. The number of carboxylic acids is 1. The molecule has 174 valence electrons. The summed E-state index contributed by atoms with van der Waals surface area (Å²) in [6, 6.07) is 13.5. The van der Waals surface area contributed by atoms with E-state index in [1.165, 1.54) is 0 Å². The summed E-state index contributed by atoms with van der Waals surface area (Å²) in [7, 11) is 1.77. The van der Waals surface area contributed by atoms with Crippen LogP contribution in [0.3, 0.4) is 0 Å². The number of rotatable bonds is 13. The van der Waals surface area contributed by atoms with E-state index in [1.54, 1.807) is 11.9 Å². The summed E-state index contributed by atoms with van der Waals surface area (Å²) in [5.41, 5.74) is 3.61. The van der Waals surface area contributed by atoms with Crippen LogP contribution in [-0.2, 0) is 11.2 Å². The van der Waals surface area contributed by atoms with Crippen LogP contribution in [0, 0.1) is 0 Å². The Morgan fingerprint density at radius 2 is 1.81 bits per heavy atom. The lowest BCUT2D eigenvalue weighted by molar-refractivity contribution is -0.136. The van der Waals surface area contributed by atoms with Gasteiger partial charge in [-0.1, -0.05) is 57.4 Å². The van der Waals surface area contributed by atoms with Crippen molar-refractivity contribution in [3.05, 3.63) is 48.0 Å². The summed E-state index contributed by atoms with van der Waals surface area (Å²) >= 11 is 0. The first-order chi connectivity index (χ1) is 15.5. The number of nitrogens with one attached hydrogen (secondary N) is 1. The van der Waals surface area contributed by atoms with E-state index >= 15 is 0 Å². The van der Waals surface area contributed by atoms with Gasteiger partial charge in [0.2, 0.25) is 0 Å². The molecule has 2 rings (SSSR count). The van der Waals surface area contributed by atoms with Crippen molar-refractivity contribution in [3.8, 4) is 16.9 Å². The number of nitrogens with zero attached hydrogens (tertiary/aromatic N) is 1. The second-order valence-electron chi connectivity index (χ2n) is 7.97. The van der Waals surface area contributed by atoms with Crippen molar-refractivity contribution >= 4 is 17.7 Å². The van der Waals surface area contributed by atoms with E-state index in [2.05, 4.69) is 19.2 Å². The first-order valence-corrected chi connectivity index (χ1v) is 11.6. The van der Waals surface area contributed by atoms with Crippen molar-refractivity contribution in [1.82, 2.24) is 5.32 Å². The standard InChI is InChI=1S/C26H36N2O4/c1-4-6-8-16-27-26(31)28(3)22-11-9-10-21(19-22)23-14-12-20(13-15-25(29)30)18-24(23)32-17-7-5-2/h9-12,14,18-19H,4-8,13,15-17H2,1-3H3,(H,27,31)(H,29,30). The van der Waals surface area contributed by atoms with Gasteiger partial charge in [0.25, 0.3) is 0 Å². The largest absolute Gasteiger partial charge is 0.493 e. The third kappa shape index (κ3) is 7.91. The van der Waals surface area contributed by atoms with E-state index < -0.39 is 5.97 Å². The Balaban J connectivity index is 2.23. The van der Waals surface area contributed by atoms with Crippen LogP contribution in [0.15, 0.2) is 42.5 Å². The topological polar surface area (TPSA) is 78.9 Å². The molecule has 0 heterocycles. The monoisotopic (exact) mass is 440 g/mol. The number of aliphatic carboxylic acids is 1. The van der Waals surface area contributed by atoms with Crippen LogP contribution < -0.4 is 15.0 Å². The zero-order chi connectivity index (χ0) is 23.3. The summed E-state index contributed by atoms with van der Waals surface area (Å²) in [4.78, 5) is 25.1. The number of hydrogen-bond donors (Lipinski definition) is 2. The van der Waals surface area contributed by atoms with Gasteiger partial charge in [-0.2, -0.15) is 0 Å². The number of carbonyl (C=O) groups excluding carboxylic acids is 1. The molecule has 0 fully saturated rings. The lowest BCUT2D eigenvalue weighted by Crippen LogP contribution is -2.37. The number of carbonyl (C=O) groups is 2. The second kappa shape index (κ2) is 13.4. The molecule has 0 atom stereocenters. The molecule has 6 nitrogen and oxygen atoms in total. The average Bonchev–Trinajstić information content (AvgIpc) is 2.80. The molecule has 0 aliphatic heterocycles. The van der Waals surface area contributed by atoms with Crippen LogP contribution in [0.25, 0.3) is 11.1 Å². The Hall–Kier alpha value is -3.02. The minimum absolute atomic E-state index is 0.0847. The maximum absolute atomic E-state index is 12.5. The van der Waals surface area contributed by atoms with Crippen molar-refractivity contribution < 1.29 is 19.4 Å². The lowest BCUT2D eigenvalue weighted by atomic mass is 10.00. The van der Waals surface area contributed by atoms with Gasteiger partial charge < -0.3 is 15.2 Å². The van der Waals surface area contributed by atoms with E-state index in [4.69, 9.17) is 9.84 Å². The van der Waals surface area contributed by atoms with Crippen LogP contribution in [0.4, 0.5) is 10.5 Å². The molecule has 0 saturated heterocycles. The molecular formula is C26H36N2O4. The number of unbranched alkanes of at least 4 members (excludes halogenated alkanes) is 3. The molecule has 6 heteroatoms. The molecule has 2 aromatic carbocycles. The number of hydrogen-bond acceptors (Lipinski definition) is 3. The van der Waals surface area contributed by atoms with Crippen molar-refractivity contribution in [2.24, 2.45) is 0 Å². The van der Waals surface area contributed by atoms with E-state index in [0.717, 1.165) is 60.2 Å². The molecule has 2 N–H and O–H groups in total. The molecule has 0 radical (unpaired) electrons. The summed E-state index contributed by atoms with van der Waals surface area (Å²) < 4.78 is 6.06. The normalized spacial score (nSPS) is 10.6. The van der Waals surface area contributed by atoms with Crippen LogP contribution in [0.1, 0.15) is 57.9 Å². The van der Waals surface area contributed by atoms with Gasteiger partial charge in [0.05, 0.1) is 6.61 Å². The third-order valence-electron chi connectivity index (χ3n) is 5.33. The van der Waals surface area contributed by atoms with Gasteiger partial charge in [0.1, 0.15) is 5.75 Å². The van der Waals surface area contributed by atoms with Gasteiger partial charge in [-0.3, -0.25) is 9.69 Å². The molecule has 0 saturated carbocycles. The fraction of sp³-hybridized carbons (Fsp3) is 0.462. The highest BCUT2D eigenvalue weighted by Crippen LogP contribution is 2.33. The number of amides is 2. The van der Waals surface area contributed by atoms with E-state index in [9.17, 15) is 9.59 Å². The SMILES string of the molecule is CCCCCNC(=O)N(C)c1cccc(-c2ccc(CCC(=O)O)cc2OCCCC)c1. The summed E-state index contributed by atoms with van der Waals surface area (Å²) in [5, 5.41) is 12.0. The summed E-state index contributed by atoms with van der Waals surface area (Å²) in [5.74, 6) is -0.0728. The van der Waals surface area contributed by atoms with Crippen molar-refractivity contribution in [3.63, 3.8) is 0 Å². The van der Waals surface area contributed by atoms with E-state index in [1.807, 2.05) is 42.5 Å². The Morgan fingerprint density at radius 3 is 2.53 bits per heavy atom. The zero-order valence-electron chi connectivity index (χ0n) is 19.5. The van der Waals surface area contributed by atoms with Gasteiger partial charge in [0.15, 0.2) is 0 Å². The van der Waals surface area contributed by atoms with Gasteiger partial charge in [-0.05, 0) is 48.6 Å². The van der Waals surface area contributed by atoms with Crippen LogP contribution in [0.2, 0.25) is 0 Å². The van der Waals surface area contributed by atoms with Crippen LogP contribution in [-0.4, -0.2) is 37.3 Å². The van der Waals surface area contributed by atoms with Crippen molar-refractivity contribution in [2.75, 3.05) is 25.1 Å². The van der Waals surface area contributed by atoms with Gasteiger partial charge in [0, 0.05) is 31.3 Å². The molecule has 2 amide bonds. The Bertz CT molecular complexity index is 882. The highest BCUT2D eigenvalue weighted by atomic mass is 16.5. The highest BCUT2D eigenvalue weighted by Gasteiger charge is 2.14. The molecule has 0 unspecified atom stereocenters. The van der Waals surface area contributed by atoms with E-state index in [0.29, 0.717) is 19.6 Å². The highest BCUT2D eigenvalue weighted by molar-refractivity contribution is 5.92. The maximum Gasteiger partial charge on any atom is 0.321 e. The van der Waals surface area contributed by atoms with Crippen molar-refractivity contribution in [1.29, 1.82) is 0 Å². The lowest BCUT2D eigenvalue weighted by Gasteiger charge is -2.20. The fourth-order valence-corrected chi connectivity index (χ4v) is 3.35. The number of benzene rings is 2. The molecule has 0 spiro atoms. The predicted octanol–water partition coefficient (Wildman–Crippen LogP) is 5.89. The molecule has 0 bridgehead atoms. The average molecular weight is 441 g/mol. The molecule has 0 aliphatic rings. The van der Waals surface area contributed by atoms with Gasteiger partial charge >= 0.3 is 12.0 Å². The first-order valence-electron chi connectivity index (χ1n) is 11.6. The van der Waals surface area contributed by atoms with Crippen molar-refractivity contribution in [2.45, 2.75) is 58.8 Å². The Morgan fingerprint density at radius 1 is 1.03 bits per heavy atom. The maximum atomic E-state index is 12.5. The van der Waals surface area contributed by atoms with E-state index in [-0.39, 0.29) is 12.5 Å². The van der Waals surface area contributed by atoms with Crippen LogP contribution >= 0.6 is 0 Å². The minimum atomic E-state index is -0.814. The van der Waals surface area contributed by atoms with Crippen LogP contribution in [0.5, 0.6) is 5.75 Å². The van der Waals surface area contributed by atoms with Gasteiger partial charge in [-0.25, -0.2) is 4.79 Å². The fourth-order valence-electron chi connectivity index (χ4n) is 3.35.